The van der Waals surface area contributed by atoms with E-state index < -0.39 is 23.1 Å². The SMILES string of the molecule is COc1c(F)c(Br)c(O)c(Nc2ccc(N3CCC(C)(C)CC3)cc2)c1F. The maximum absolute atomic E-state index is 14.5. The van der Waals surface area contributed by atoms with E-state index in [1.807, 2.05) is 12.1 Å². The van der Waals surface area contributed by atoms with Crippen LogP contribution >= 0.6 is 15.9 Å². The standard InChI is InChI=1S/C20H23BrF2N2O2/c1-20(2)8-10-25(11-9-20)13-6-4-12(5-7-13)24-17-16(23)19(27-3)15(22)14(21)18(17)26/h4-7,24,26H,8-11H2,1-3H3. The molecule has 2 N–H and O–H groups in total. The van der Waals surface area contributed by atoms with Crippen LogP contribution in [0.3, 0.4) is 0 Å². The zero-order valence-corrected chi connectivity index (χ0v) is 17.2. The Morgan fingerprint density at radius 3 is 2.26 bits per heavy atom. The lowest BCUT2D eigenvalue weighted by molar-refractivity contribution is 0.280. The van der Waals surface area contributed by atoms with Gasteiger partial charge in [0.1, 0.15) is 10.2 Å². The molecule has 0 aliphatic carbocycles. The topological polar surface area (TPSA) is 44.7 Å². The fraction of sp³-hybridized carbons (Fsp3) is 0.400. The minimum Gasteiger partial charge on any atom is -0.504 e. The van der Waals surface area contributed by atoms with E-state index in [1.54, 1.807) is 12.1 Å². The van der Waals surface area contributed by atoms with Crippen LogP contribution in [-0.4, -0.2) is 25.3 Å². The molecule has 1 fully saturated rings. The first-order valence-electron chi connectivity index (χ1n) is 8.79. The summed E-state index contributed by atoms with van der Waals surface area (Å²) in [6, 6.07) is 7.51. The molecule has 27 heavy (non-hydrogen) atoms. The maximum Gasteiger partial charge on any atom is 0.195 e. The molecule has 0 aromatic heterocycles. The summed E-state index contributed by atoms with van der Waals surface area (Å²) in [5, 5.41) is 12.9. The lowest BCUT2D eigenvalue weighted by Crippen LogP contribution is -2.37. The number of phenolic OH excluding ortho intramolecular Hbond substituents is 1. The third kappa shape index (κ3) is 3.98. The zero-order chi connectivity index (χ0) is 19.8. The molecule has 0 amide bonds. The Morgan fingerprint density at radius 1 is 1.11 bits per heavy atom. The van der Waals surface area contributed by atoms with Crippen LogP contribution in [0.4, 0.5) is 25.8 Å². The molecular formula is C20H23BrF2N2O2. The summed E-state index contributed by atoms with van der Waals surface area (Å²) in [5.74, 6) is -3.08. The third-order valence-corrected chi connectivity index (χ3v) is 5.80. The van der Waals surface area contributed by atoms with E-state index in [0.29, 0.717) is 11.1 Å². The summed E-state index contributed by atoms with van der Waals surface area (Å²) in [6.45, 7) is 6.57. The van der Waals surface area contributed by atoms with Gasteiger partial charge in [0.25, 0.3) is 0 Å². The van der Waals surface area contributed by atoms with Crippen molar-refractivity contribution in [1.82, 2.24) is 0 Å². The number of methoxy groups -OCH3 is 1. The molecule has 0 atom stereocenters. The van der Waals surface area contributed by atoms with Crippen LogP contribution in [0.1, 0.15) is 26.7 Å². The number of piperidine rings is 1. The summed E-state index contributed by atoms with van der Waals surface area (Å²) >= 11 is 2.92. The Kier molecular flexibility index (Phi) is 5.51. The lowest BCUT2D eigenvalue weighted by atomic mass is 9.82. The van der Waals surface area contributed by atoms with Crippen molar-refractivity contribution < 1.29 is 18.6 Å². The highest BCUT2D eigenvalue weighted by atomic mass is 79.9. The molecule has 0 unspecified atom stereocenters. The molecule has 1 aliphatic heterocycles. The number of benzene rings is 2. The van der Waals surface area contributed by atoms with Gasteiger partial charge >= 0.3 is 0 Å². The maximum atomic E-state index is 14.5. The van der Waals surface area contributed by atoms with Crippen molar-refractivity contribution in [2.45, 2.75) is 26.7 Å². The van der Waals surface area contributed by atoms with E-state index in [-0.39, 0.29) is 10.2 Å². The van der Waals surface area contributed by atoms with Crippen LogP contribution in [-0.2, 0) is 0 Å². The largest absolute Gasteiger partial charge is 0.504 e. The van der Waals surface area contributed by atoms with Crippen LogP contribution in [0.15, 0.2) is 28.7 Å². The molecule has 1 aliphatic rings. The van der Waals surface area contributed by atoms with Gasteiger partial charge in [0.05, 0.1) is 7.11 Å². The second kappa shape index (κ2) is 7.54. The van der Waals surface area contributed by atoms with Crippen LogP contribution < -0.4 is 15.0 Å². The van der Waals surface area contributed by atoms with Gasteiger partial charge in [-0.3, -0.25) is 0 Å². The Hall–Kier alpha value is -2.02. The van der Waals surface area contributed by atoms with E-state index in [4.69, 9.17) is 4.74 Å². The van der Waals surface area contributed by atoms with E-state index >= 15 is 0 Å². The van der Waals surface area contributed by atoms with Crippen molar-refractivity contribution >= 4 is 33.0 Å². The molecule has 7 heteroatoms. The molecular weight excluding hydrogens is 418 g/mol. The molecule has 3 rings (SSSR count). The molecule has 2 aromatic carbocycles. The fourth-order valence-electron chi connectivity index (χ4n) is 3.19. The Morgan fingerprint density at radius 2 is 1.70 bits per heavy atom. The number of hydrogen-bond donors (Lipinski definition) is 2. The summed E-state index contributed by atoms with van der Waals surface area (Å²) in [7, 11) is 1.17. The van der Waals surface area contributed by atoms with Gasteiger partial charge in [-0.2, -0.15) is 0 Å². The minimum absolute atomic E-state index is 0.243. The first kappa shape index (κ1) is 19.7. The number of hydrogen-bond acceptors (Lipinski definition) is 4. The molecule has 1 heterocycles. The van der Waals surface area contributed by atoms with Crippen LogP contribution in [0.5, 0.6) is 11.5 Å². The number of nitrogens with one attached hydrogen (secondary N) is 1. The highest BCUT2D eigenvalue weighted by Gasteiger charge is 2.26. The predicted octanol–water partition coefficient (Wildman–Crippen LogP) is 5.81. The predicted molar refractivity (Wildman–Crippen MR) is 107 cm³/mol. The summed E-state index contributed by atoms with van der Waals surface area (Å²) in [6.07, 6.45) is 2.27. The first-order valence-corrected chi connectivity index (χ1v) is 9.58. The van der Waals surface area contributed by atoms with Crippen molar-refractivity contribution in [2.24, 2.45) is 5.41 Å². The van der Waals surface area contributed by atoms with Gasteiger partial charge in [0.15, 0.2) is 23.1 Å². The number of phenols is 1. The van der Waals surface area contributed by atoms with Crippen LogP contribution in [0.25, 0.3) is 0 Å². The third-order valence-electron chi connectivity index (χ3n) is 5.08. The van der Waals surface area contributed by atoms with Gasteiger partial charge in [-0.1, -0.05) is 13.8 Å². The number of aromatic hydroxyl groups is 1. The second-order valence-corrected chi connectivity index (χ2v) is 8.31. The Labute approximate surface area is 166 Å². The molecule has 0 bridgehead atoms. The van der Waals surface area contributed by atoms with E-state index in [0.717, 1.165) is 31.6 Å². The molecule has 4 nitrogen and oxygen atoms in total. The molecule has 1 saturated heterocycles. The quantitative estimate of drug-likeness (QED) is 0.464. The minimum atomic E-state index is -0.988. The normalized spacial score (nSPS) is 16.3. The van der Waals surface area contributed by atoms with Crippen molar-refractivity contribution in [3.63, 3.8) is 0 Å². The smallest absolute Gasteiger partial charge is 0.195 e. The van der Waals surface area contributed by atoms with Crippen LogP contribution in [0.2, 0.25) is 0 Å². The highest BCUT2D eigenvalue weighted by molar-refractivity contribution is 9.10. The van der Waals surface area contributed by atoms with Crippen molar-refractivity contribution in [3.8, 4) is 11.5 Å². The van der Waals surface area contributed by atoms with E-state index in [9.17, 15) is 13.9 Å². The molecule has 0 radical (unpaired) electrons. The number of nitrogens with zero attached hydrogens (tertiary/aromatic N) is 1. The van der Waals surface area contributed by atoms with Gasteiger partial charge < -0.3 is 20.1 Å². The highest BCUT2D eigenvalue weighted by Crippen LogP contribution is 2.44. The van der Waals surface area contributed by atoms with Crippen molar-refractivity contribution in [2.75, 3.05) is 30.4 Å². The molecule has 146 valence electrons. The van der Waals surface area contributed by atoms with Crippen molar-refractivity contribution in [3.05, 3.63) is 40.4 Å². The average Bonchev–Trinajstić information content (AvgIpc) is 2.65. The molecule has 0 spiro atoms. The van der Waals surface area contributed by atoms with E-state index in [2.05, 4.69) is 40.0 Å². The number of rotatable bonds is 4. The lowest BCUT2D eigenvalue weighted by Gasteiger charge is -2.38. The first-order chi connectivity index (χ1) is 12.7. The summed E-state index contributed by atoms with van der Waals surface area (Å²) in [4.78, 5) is 2.32. The summed E-state index contributed by atoms with van der Waals surface area (Å²) < 4.78 is 33.0. The van der Waals surface area contributed by atoms with Gasteiger partial charge in [0, 0.05) is 24.5 Å². The van der Waals surface area contributed by atoms with Gasteiger partial charge in [-0.15, -0.1) is 0 Å². The van der Waals surface area contributed by atoms with Gasteiger partial charge in [-0.05, 0) is 58.5 Å². The van der Waals surface area contributed by atoms with Crippen molar-refractivity contribution in [1.29, 1.82) is 0 Å². The second-order valence-electron chi connectivity index (χ2n) is 7.52. The summed E-state index contributed by atoms with van der Waals surface area (Å²) in [5.41, 5.74) is 1.80. The molecule has 0 saturated carbocycles. The zero-order valence-electron chi connectivity index (χ0n) is 15.6. The molecule has 2 aromatic rings. The number of halogens is 3. The van der Waals surface area contributed by atoms with Gasteiger partial charge in [0.2, 0.25) is 0 Å². The fourth-order valence-corrected chi connectivity index (χ4v) is 3.57. The van der Waals surface area contributed by atoms with Crippen LogP contribution in [0, 0.1) is 17.0 Å². The Balaban J connectivity index is 1.81. The monoisotopic (exact) mass is 440 g/mol. The number of ether oxygens (including phenoxy) is 1. The Bertz CT molecular complexity index is 831. The van der Waals surface area contributed by atoms with E-state index in [1.165, 1.54) is 7.11 Å². The number of anilines is 3. The average molecular weight is 441 g/mol. The van der Waals surface area contributed by atoms with Gasteiger partial charge in [-0.25, -0.2) is 8.78 Å².